The monoisotopic (exact) mass is 528 g/mol. The molecule has 0 unspecified atom stereocenters. The second-order valence-electron chi connectivity index (χ2n) is 7.82. The van der Waals surface area contributed by atoms with Crippen LogP contribution in [0.4, 0.5) is 11.4 Å². The fourth-order valence-electron chi connectivity index (χ4n) is 3.51. The summed E-state index contributed by atoms with van der Waals surface area (Å²) in [6.45, 7) is 3.75. The van der Waals surface area contributed by atoms with E-state index < -0.39 is 17.7 Å². The van der Waals surface area contributed by atoms with E-state index in [4.69, 9.17) is 34.8 Å². The Kier molecular flexibility index (Phi) is 7.03. The predicted octanol–water partition coefficient (Wildman–Crippen LogP) is 6.18. The van der Waals surface area contributed by atoms with Crippen LogP contribution in [0.2, 0.25) is 15.1 Å². The molecule has 35 heavy (non-hydrogen) atoms. The van der Waals surface area contributed by atoms with Gasteiger partial charge in [0.1, 0.15) is 5.69 Å². The number of aromatic nitrogens is 1. The van der Waals surface area contributed by atoms with Crippen molar-refractivity contribution in [1.82, 2.24) is 4.68 Å². The second kappa shape index (κ2) is 10.00. The lowest BCUT2D eigenvalue weighted by Gasteiger charge is -2.14. The van der Waals surface area contributed by atoms with Gasteiger partial charge in [0, 0.05) is 31.8 Å². The minimum Gasteiger partial charge on any atom is -0.321 e. The molecule has 0 radical (unpaired) electrons. The number of fused-ring (bicyclic) bond motifs is 1. The molecule has 0 aliphatic heterocycles. The Morgan fingerprint density at radius 3 is 2.20 bits per heavy atom. The van der Waals surface area contributed by atoms with Crippen LogP contribution in [-0.4, -0.2) is 22.4 Å². The van der Waals surface area contributed by atoms with E-state index in [-0.39, 0.29) is 5.69 Å². The maximum absolute atomic E-state index is 13.1. The smallest absolute Gasteiger partial charge is 0.321 e. The molecule has 3 N–H and O–H groups in total. The zero-order valence-corrected chi connectivity index (χ0v) is 20.8. The zero-order valence-electron chi connectivity index (χ0n) is 18.6. The molecule has 0 spiro atoms. The molecule has 178 valence electrons. The van der Waals surface area contributed by atoms with Crippen molar-refractivity contribution < 1.29 is 14.4 Å². The van der Waals surface area contributed by atoms with Crippen molar-refractivity contribution in [3.8, 4) is 0 Å². The number of amides is 3. The van der Waals surface area contributed by atoms with Crippen LogP contribution in [0.15, 0.2) is 60.7 Å². The van der Waals surface area contributed by atoms with Gasteiger partial charge in [-0.05, 0) is 73.5 Å². The lowest BCUT2D eigenvalue weighted by Crippen LogP contribution is -2.36. The first kappa shape index (κ1) is 24.6. The first-order valence-corrected chi connectivity index (χ1v) is 11.5. The van der Waals surface area contributed by atoms with Crippen molar-refractivity contribution in [1.29, 1.82) is 0 Å². The highest BCUT2D eigenvalue weighted by Crippen LogP contribution is 2.26. The normalized spacial score (nSPS) is 10.8. The summed E-state index contributed by atoms with van der Waals surface area (Å²) in [7, 11) is 0. The maximum atomic E-state index is 13.1. The Morgan fingerprint density at radius 1 is 0.771 bits per heavy atom. The third kappa shape index (κ3) is 5.43. The van der Waals surface area contributed by atoms with Crippen LogP contribution < -0.4 is 16.1 Å². The second-order valence-corrected chi connectivity index (χ2v) is 9.13. The quantitative estimate of drug-likeness (QED) is 0.276. The third-order valence-electron chi connectivity index (χ3n) is 5.39. The molecule has 10 heteroatoms. The molecule has 1 aromatic heterocycles. The minimum absolute atomic E-state index is 0.0613. The molecule has 7 nitrogen and oxygen atoms in total. The van der Waals surface area contributed by atoms with Crippen LogP contribution in [0.1, 0.15) is 21.6 Å². The van der Waals surface area contributed by atoms with E-state index in [2.05, 4.69) is 16.1 Å². The molecule has 3 aromatic carbocycles. The fourth-order valence-corrected chi connectivity index (χ4v) is 4.22. The van der Waals surface area contributed by atoms with Crippen LogP contribution in [0.5, 0.6) is 0 Å². The van der Waals surface area contributed by atoms with E-state index in [0.717, 1.165) is 11.1 Å². The molecule has 3 amide bonds. The Morgan fingerprint density at radius 2 is 1.49 bits per heavy atom. The summed E-state index contributed by atoms with van der Waals surface area (Å²) in [5.74, 6) is -2.41. The Hall–Kier alpha value is -3.52. The van der Waals surface area contributed by atoms with Gasteiger partial charge >= 0.3 is 11.8 Å². The molecule has 0 saturated heterocycles. The fraction of sp³-hybridized carbons (Fsp3) is 0.0800. The van der Waals surface area contributed by atoms with Gasteiger partial charge in [-0.15, -0.1) is 0 Å². The average Bonchev–Trinajstić information content (AvgIpc) is 3.13. The maximum Gasteiger partial charge on any atom is 0.328 e. The SMILES string of the molecule is Cc1cccc(NC(=O)C(=O)Nn2c(C(=O)Nc3cc(Cl)cc(Cl)c3)cc3cc(Cl)ccc32)c1C. The number of nitrogens with zero attached hydrogens (tertiary/aromatic N) is 1. The molecular formula is C25H19Cl3N4O3. The summed E-state index contributed by atoms with van der Waals surface area (Å²) < 4.78 is 1.23. The molecule has 0 atom stereocenters. The number of rotatable bonds is 4. The Bertz CT molecular complexity index is 1480. The number of halogens is 3. The molecule has 0 fully saturated rings. The van der Waals surface area contributed by atoms with E-state index in [1.165, 1.54) is 22.9 Å². The van der Waals surface area contributed by atoms with Gasteiger partial charge in [-0.25, -0.2) is 4.68 Å². The van der Waals surface area contributed by atoms with E-state index in [1.54, 1.807) is 36.4 Å². The predicted molar refractivity (Wildman–Crippen MR) is 140 cm³/mol. The highest BCUT2D eigenvalue weighted by atomic mass is 35.5. The Balaban J connectivity index is 1.64. The summed E-state index contributed by atoms with van der Waals surface area (Å²) in [6.07, 6.45) is 0. The largest absolute Gasteiger partial charge is 0.328 e. The third-order valence-corrected chi connectivity index (χ3v) is 6.06. The van der Waals surface area contributed by atoms with Crippen LogP contribution in [0.25, 0.3) is 10.9 Å². The summed E-state index contributed by atoms with van der Waals surface area (Å²) >= 11 is 18.2. The lowest BCUT2D eigenvalue weighted by atomic mass is 10.1. The van der Waals surface area contributed by atoms with Crippen molar-refractivity contribution in [2.45, 2.75) is 13.8 Å². The first-order valence-electron chi connectivity index (χ1n) is 10.4. The van der Waals surface area contributed by atoms with Gasteiger partial charge in [0.2, 0.25) is 0 Å². The van der Waals surface area contributed by atoms with Gasteiger partial charge in [0.25, 0.3) is 5.91 Å². The summed E-state index contributed by atoms with van der Waals surface area (Å²) in [4.78, 5) is 38.6. The zero-order chi connectivity index (χ0) is 25.3. The van der Waals surface area contributed by atoms with E-state index in [9.17, 15) is 14.4 Å². The molecule has 0 aliphatic rings. The Labute approximate surface area is 215 Å². The number of anilines is 2. The molecular weight excluding hydrogens is 511 g/mol. The van der Waals surface area contributed by atoms with Gasteiger partial charge in [0.05, 0.1) is 5.52 Å². The van der Waals surface area contributed by atoms with Crippen LogP contribution in [0.3, 0.4) is 0 Å². The average molecular weight is 530 g/mol. The molecule has 0 aliphatic carbocycles. The van der Waals surface area contributed by atoms with Crippen LogP contribution in [0, 0.1) is 13.8 Å². The number of hydrogen-bond donors (Lipinski definition) is 3. The van der Waals surface area contributed by atoms with Gasteiger partial charge in [-0.2, -0.15) is 0 Å². The number of benzene rings is 3. The van der Waals surface area contributed by atoms with Crippen molar-refractivity contribution in [3.05, 3.63) is 92.6 Å². The van der Waals surface area contributed by atoms with E-state index in [1.807, 2.05) is 19.9 Å². The topological polar surface area (TPSA) is 92.2 Å². The first-order chi connectivity index (χ1) is 16.6. The van der Waals surface area contributed by atoms with Gasteiger partial charge < -0.3 is 10.6 Å². The summed E-state index contributed by atoms with van der Waals surface area (Å²) in [5.41, 5.74) is 5.73. The number of carbonyl (C=O) groups excluding carboxylic acids is 3. The minimum atomic E-state index is -0.960. The number of carbonyl (C=O) groups is 3. The van der Waals surface area contributed by atoms with Crippen LogP contribution in [-0.2, 0) is 9.59 Å². The van der Waals surface area contributed by atoms with Gasteiger partial charge in [-0.3, -0.25) is 19.8 Å². The van der Waals surface area contributed by atoms with E-state index >= 15 is 0 Å². The van der Waals surface area contributed by atoms with Gasteiger partial charge in [0.15, 0.2) is 0 Å². The van der Waals surface area contributed by atoms with E-state index in [0.29, 0.717) is 37.3 Å². The molecule has 4 aromatic rings. The van der Waals surface area contributed by atoms with Gasteiger partial charge in [-0.1, -0.05) is 46.9 Å². The highest BCUT2D eigenvalue weighted by molar-refractivity contribution is 6.42. The number of nitrogens with one attached hydrogen (secondary N) is 3. The molecule has 0 saturated carbocycles. The molecule has 4 rings (SSSR count). The van der Waals surface area contributed by atoms with Crippen molar-refractivity contribution in [3.63, 3.8) is 0 Å². The van der Waals surface area contributed by atoms with Crippen LogP contribution >= 0.6 is 34.8 Å². The summed E-state index contributed by atoms with van der Waals surface area (Å²) in [5, 5.41) is 7.02. The van der Waals surface area contributed by atoms with Crippen molar-refractivity contribution in [2.24, 2.45) is 0 Å². The van der Waals surface area contributed by atoms with Crippen molar-refractivity contribution in [2.75, 3.05) is 16.1 Å². The standard InChI is InChI=1S/C25H19Cl3N4O3/c1-13-4-3-5-20(14(13)2)30-24(34)25(35)31-32-21-7-6-16(26)8-15(21)9-22(32)23(33)29-19-11-17(27)10-18(28)12-19/h3-12H,1-2H3,(H,29,33)(H,30,34)(H,31,35). The molecule has 0 bridgehead atoms. The lowest BCUT2D eigenvalue weighted by molar-refractivity contribution is -0.133. The molecule has 1 heterocycles. The number of aryl methyl sites for hydroxylation is 1. The van der Waals surface area contributed by atoms with Crippen molar-refractivity contribution >= 4 is 74.8 Å². The summed E-state index contributed by atoms with van der Waals surface area (Å²) in [6, 6.07) is 16.4. The highest BCUT2D eigenvalue weighted by Gasteiger charge is 2.22. The number of hydrogen-bond acceptors (Lipinski definition) is 3.